The maximum Gasteiger partial charge on any atom is 0.139 e. The Morgan fingerprint density at radius 1 is 1.10 bits per heavy atom. The predicted octanol–water partition coefficient (Wildman–Crippen LogP) is 2.92. The summed E-state index contributed by atoms with van der Waals surface area (Å²) in [6.07, 6.45) is 7.22. The average Bonchev–Trinajstić information content (AvgIpc) is 2.98. The Kier molecular flexibility index (Phi) is 3.55. The Balaban J connectivity index is 1.91. The van der Waals surface area contributed by atoms with E-state index >= 15 is 0 Å². The number of aromatic nitrogens is 3. The van der Waals surface area contributed by atoms with Crippen LogP contribution in [0.15, 0.2) is 55.1 Å². The van der Waals surface area contributed by atoms with Gasteiger partial charge in [-0.15, -0.1) is 0 Å². The van der Waals surface area contributed by atoms with E-state index in [4.69, 9.17) is 10.5 Å². The molecule has 5 heteroatoms. The molecule has 0 aliphatic rings. The van der Waals surface area contributed by atoms with Crippen LogP contribution in [0.3, 0.4) is 0 Å². The summed E-state index contributed by atoms with van der Waals surface area (Å²) in [6, 6.07) is 9.63. The lowest BCUT2D eigenvalue weighted by Gasteiger charge is -2.05. The van der Waals surface area contributed by atoms with Crippen molar-refractivity contribution in [2.45, 2.75) is 6.92 Å². The van der Waals surface area contributed by atoms with E-state index < -0.39 is 0 Å². The van der Waals surface area contributed by atoms with Crippen LogP contribution in [-0.4, -0.2) is 21.4 Å². The molecule has 0 bridgehead atoms. The van der Waals surface area contributed by atoms with Crippen molar-refractivity contribution in [2.24, 2.45) is 0 Å². The van der Waals surface area contributed by atoms with Crippen LogP contribution in [0.25, 0.3) is 16.8 Å². The van der Waals surface area contributed by atoms with E-state index in [0.717, 1.165) is 28.3 Å². The molecule has 0 fully saturated rings. The van der Waals surface area contributed by atoms with E-state index in [0.29, 0.717) is 6.61 Å². The summed E-state index contributed by atoms with van der Waals surface area (Å²) in [5.41, 5.74) is 9.41. The number of ether oxygens (including phenoxy) is 1. The fourth-order valence-electron chi connectivity index (χ4n) is 2.07. The van der Waals surface area contributed by atoms with Crippen LogP contribution < -0.4 is 10.5 Å². The zero-order valence-electron chi connectivity index (χ0n) is 11.7. The minimum absolute atomic E-state index is 0.612. The summed E-state index contributed by atoms with van der Waals surface area (Å²) in [7, 11) is 0. The van der Waals surface area contributed by atoms with Gasteiger partial charge in [0.1, 0.15) is 5.75 Å². The second-order valence-corrected chi connectivity index (χ2v) is 4.61. The molecule has 3 aromatic rings. The summed E-state index contributed by atoms with van der Waals surface area (Å²) in [5, 5.41) is 4.38. The number of rotatable bonds is 4. The first kappa shape index (κ1) is 13.2. The Bertz CT molecular complexity index is 734. The fourth-order valence-corrected chi connectivity index (χ4v) is 2.07. The lowest BCUT2D eigenvalue weighted by Crippen LogP contribution is -1.97. The standard InChI is InChI=1S/C16H16N4O/c1-2-21-16-7-15(9-18-10-16)20-11-13(8-19-20)12-3-5-14(17)6-4-12/h3-11H,2,17H2,1H3. The fraction of sp³-hybridized carbons (Fsp3) is 0.125. The van der Waals surface area contributed by atoms with E-state index in [-0.39, 0.29) is 0 Å². The van der Waals surface area contributed by atoms with Gasteiger partial charge in [0.2, 0.25) is 0 Å². The third-order valence-electron chi connectivity index (χ3n) is 3.10. The molecule has 21 heavy (non-hydrogen) atoms. The van der Waals surface area contributed by atoms with E-state index in [1.165, 1.54) is 0 Å². The van der Waals surface area contributed by atoms with Gasteiger partial charge in [0, 0.05) is 23.5 Å². The molecule has 0 aliphatic heterocycles. The predicted molar refractivity (Wildman–Crippen MR) is 82.4 cm³/mol. The van der Waals surface area contributed by atoms with E-state index in [2.05, 4.69) is 10.1 Å². The second-order valence-electron chi connectivity index (χ2n) is 4.61. The lowest BCUT2D eigenvalue weighted by atomic mass is 10.1. The monoisotopic (exact) mass is 280 g/mol. The summed E-state index contributed by atoms with van der Waals surface area (Å²) in [5.74, 6) is 0.736. The van der Waals surface area contributed by atoms with Crippen LogP contribution in [0, 0.1) is 0 Å². The quantitative estimate of drug-likeness (QED) is 0.746. The Labute approximate surface area is 123 Å². The van der Waals surface area contributed by atoms with Gasteiger partial charge in [0.15, 0.2) is 0 Å². The van der Waals surface area contributed by atoms with Gasteiger partial charge in [-0.1, -0.05) is 12.1 Å². The Morgan fingerprint density at radius 2 is 1.90 bits per heavy atom. The molecular weight excluding hydrogens is 264 g/mol. The van der Waals surface area contributed by atoms with E-state index in [1.807, 2.05) is 49.6 Å². The molecule has 106 valence electrons. The van der Waals surface area contributed by atoms with Gasteiger partial charge < -0.3 is 10.5 Å². The molecule has 3 rings (SSSR count). The van der Waals surface area contributed by atoms with Crippen molar-refractivity contribution < 1.29 is 4.74 Å². The normalized spacial score (nSPS) is 10.5. The summed E-state index contributed by atoms with van der Waals surface area (Å²) in [6.45, 7) is 2.56. The molecule has 5 nitrogen and oxygen atoms in total. The Morgan fingerprint density at radius 3 is 2.67 bits per heavy atom. The largest absolute Gasteiger partial charge is 0.492 e. The van der Waals surface area contributed by atoms with Crippen LogP contribution in [0.5, 0.6) is 5.75 Å². The first-order valence-electron chi connectivity index (χ1n) is 6.75. The summed E-state index contributed by atoms with van der Waals surface area (Å²) in [4.78, 5) is 4.17. The molecule has 0 amide bonds. The number of hydrogen-bond donors (Lipinski definition) is 1. The number of nitrogen functional groups attached to an aromatic ring is 1. The lowest BCUT2D eigenvalue weighted by molar-refractivity contribution is 0.338. The van der Waals surface area contributed by atoms with Crippen molar-refractivity contribution in [1.82, 2.24) is 14.8 Å². The Hall–Kier alpha value is -2.82. The van der Waals surface area contributed by atoms with Gasteiger partial charge in [-0.05, 0) is 24.6 Å². The summed E-state index contributed by atoms with van der Waals surface area (Å²) >= 11 is 0. The smallest absolute Gasteiger partial charge is 0.139 e. The molecule has 0 saturated carbocycles. The van der Waals surface area contributed by atoms with E-state index in [1.54, 1.807) is 17.1 Å². The maximum atomic E-state index is 5.70. The summed E-state index contributed by atoms with van der Waals surface area (Å²) < 4.78 is 7.23. The minimum atomic E-state index is 0.612. The highest BCUT2D eigenvalue weighted by Crippen LogP contribution is 2.22. The number of nitrogens with zero attached hydrogens (tertiary/aromatic N) is 3. The van der Waals surface area contributed by atoms with E-state index in [9.17, 15) is 0 Å². The second kappa shape index (κ2) is 5.66. The molecule has 1 aromatic carbocycles. The van der Waals surface area contributed by atoms with Gasteiger partial charge in [-0.2, -0.15) is 5.10 Å². The number of nitrogens with two attached hydrogens (primary N) is 1. The highest BCUT2D eigenvalue weighted by Gasteiger charge is 2.05. The third kappa shape index (κ3) is 2.86. The highest BCUT2D eigenvalue weighted by atomic mass is 16.5. The van der Waals surface area contributed by atoms with Crippen LogP contribution in [-0.2, 0) is 0 Å². The topological polar surface area (TPSA) is 66.0 Å². The molecule has 0 saturated heterocycles. The molecule has 0 radical (unpaired) electrons. The maximum absolute atomic E-state index is 5.70. The number of hydrogen-bond acceptors (Lipinski definition) is 4. The first-order chi connectivity index (χ1) is 10.3. The molecule has 0 atom stereocenters. The molecule has 2 N–H and O–H groups in total. The highest BCUT2D eigenvalue weighted by molar-refractivity contribution is 5.64. The van der Waals surface area contributed by atoms with Gasteiger partial charge in [-0.3, -0.25) is 4.98 Å². The first-order valence-corrected chi connectivity index (χ1v) is 6.75. The molecule has 2 heterocycles. The minimum Gasteiger partial charge on any atom is -0.492 e. The SMILES string of the molecule is CCOc1cncc(-n2cc(-c3ccc(N)cc3)cn2)c1. The van der Waals surface area contributed by atoms with Crippen LogP contribution >= 0.6 is 0 Å². The number of pyridine rings is 1. The third-order valence-corrected chi connectivity index (χ3v) is 3.10. The molecular formula is C16H16N4O. The number of anilines is 1. The zero-order valence-corrected chi connectivity index (χ0v) is 11.7. The van der Waals surface area contributed by atoms with Crippen molar-refractivity contribution in [2.75, 3.05) is 12.3 Å². The van der Waals surface area contributed by atoms with Crippen LogP contribution in [0.1, 0.15) is 6.92 Å². The number of benzene rings is 1. The zero-order chi connectivity index (χ0) is 14.7. The van der Waals surface area contributed by atoms with Crippen molar-refractivity contribution in [3.05, 3.63) is 55.1 Å². The van der Waals surface area contributed by atoms with Crippen molar-refractivity contribution >= 4 is 5.69 Å². The van der Waals surface area contributed by atoms with Gasteiger partial charge in [0.05, 0.1) is 30.9 Å². The van der Waals surface area contributed by atoms with Crippen molar-refractivity contribution in [3.8, 4) is 22.6 Å². The molecule has 0 unspecified atom stereocenters. The van der Waals surface area contributed by atoms with Crippen LogP contribution in [0.4, 0.5) is 5.69 Å². The van der Waals surface area contributed by atoms with Gasteiger partial charge in [-0.25, -0.2) is 4.68 Å². The molecule has 0 aliphatic carbocycles. The molecule has 2 aromatic heterocycles. The van der Waals surface area contributed by atoms with Crippen molar-refractivity contribution in [3.63, 3.8) is 0 Å². The van der Waals surface area contributed by atoms with Crippen LogP contribution in [0.2, 0.25) is 0 Å². The van der Waals surface area contributed by atoms with Gasteiger partial charge >= 0.3 is 0 Å². The van der Waals surface area contributed by atoms with Crippen molar-refractivity contribution in [1.29, 1.82) is 0 Å². The average molecular weight is 280 g/mol. The molecule has 0 spiro atoms. The van der Waals surface area contributed by atoms with Gasteiger partial charge in [0.25, 0.3) is 0 Å².